The molecule has 198 valence electrons. The third kappa shape index (κ3) is 7.02. The Bertz CT molecular complexity index is 1010. The maximum atomic E-state index is 13.1. The molecule has 2 heterocycles. The molecule has 0 saturated carbocycles. The summed E-state index contributed by atoms with van der Waals surface area (Å²) in [6, 6.07) is 0.192. The Balaban J connectivity index is 2.29. The van der Waals surface area contributed by atoms with Crippen molar-refractivity contribution >= 4 is 29.8 Å². The maximum Gasteiger partial charge on any atom is 0.332 e. The van der Waals surface area contributed by atoms with E-state index in [0.29, 0.717) is 5.56 Å². The van der Waals surface area contributed by atoms with Crippen LogP contribution in [0.3, 0.4) is 0 Å². The van der Waals surface area contributed by atoms with E-state index in [9.17, 15) is 24.0 Å². The lowest BCUT2D eigenvalue weighted by atomic mass is 9.95. The highest BCUT2D eigenvalue weighted by atomic mass is 16.6. The molecule has 0 bridgehead atoms. The van der Waals surface area contributed by atoms with Crippen LogP contribution in [0.1, 0.15) is 64.0 Å². The number of ether oxygens (including phenoxy) is 4. The molecule has 0 radical (unpaired) electrons. The first-order chi connectivity index (χ1) is 16.9. The third-order valence-electron chi connectivity index (χ3n) is 5.60. The van der Waals surface area contributed by atoms with E-state index in [0.717, 1.165) is 0 Å². The van der Waals surface area contributed by atoms with Gasteiger partial charge in [0.2, 0.25) is 0 Å². The second kappa shape index (κ2) is 12.5. The summed E-state index contributed by atoms with van der Waals surface area (Å²) in [4.78, 5) is 67.1. The van der Waals surface area contributed by atoms with Gasteiger partial charge in [-0.3, -0.25) is 19.2 Å². The van der Waals surface area contributed by atoms with Crippen molar-refractivity contribution < 1.29 is 42.9 Å². The highest BCUT2D eigenvalue weighted by Gasteiger charge is 2.41. The average Bonchev–Trinajstić information content (AvgIpc) is 2.84. The Hall–Kier alpha value is -3.50. The highest BCUT2D eigenvalue weighted by Crippen LogP contribution is 2.25. The number of nitrogens with one attached hydrogen (secondary N) is 1. The van der Waals surface area contributed by atoms with Crippen LogP contribution in [0.25, 0.3) is 0 Å². The molecule has 36 heavy (non-hydrogen) atoms. The lowest BCUT2D eigenvalue weighted by Crippen LogP contribution is -2.47. The van der Waals surface area contributed by atoms with Gasteiger partial charge in [-0.05, 0) is 31.9 Å². The van der Waals surface area contributed by atoms with Crippen molar-refractivity contribution in [1.82, 2.24) is 10.3 Å². The smallest absolute Gasteiger partial charge is 0.332 e. The molecule has 11 heteroatoms. The number of aryl methyl sites for hydroxylation is 1. The Morgan fingerprint density at radius 1 is 1.11 bits per heavy atom. The van der Waals surface area contributed by atoms with Crippen LogP contribution in [0.2, 0.25) is 0 Å². The summed E-state index contributed by atoms with van der Waals surface area (Å²) < 4.78 is 21.6. The van der Waals surface area contributed by atoms with E-state index in [-0.39, 0.29) is 17.9 Å². The number of pyridine rings is 1. The first-order valence-electron chi connectivity index (χ1n) is 11.9. The summed E-state index contributed by atoms with van der Waals surface area (Å²) in [5.41, 5.74) is 0.271. The fourth-order valence-corrected chi connectivity index (χ4v) is 3.36. The van der Waals surface area contributed by atoms with Crippen LogP contribution in [0.15, 0.2) is 12.3 Å². The molecule has 2 rings (SSSR count). The summed E-state index contributed by atoms with van der Waals surface area (Å²) in [5.74, 6) is -5.33. The van der Waals surface area contributed by atoms with Crippen LogP contribution in [-0.2, 0) is 33.4 Å². The van der Waals surface area contributed by atoms with Gasteiger partial charge in [-0.2, -0.15) is 0 Å². The minimum absolute atomic E-state index is 0.0396. The minimum atomic E-state index is -1.38. The van der Waals surface area contributed by atoms with Gasteiger partial charge in [0.05, 0.1) is 17.8 Å². The number of hydrogen-bond donors (Lipinski definition) is 1. The summed E-state index contributed by atoms with van der Waals surface area (Å²) in [7, 11) is 0. The van der Waals surface area contributed by atoms with E-state index in [4.69, 9.17) is 18.9 Å². The highest BCUT2D eigenvalue weighted by molar-refractivity contribution is 5.98. The van der Waals surface area contributed by atoms with E-state index in [2.05, 4.69) is 10.3 Å². The van der Waals surface area contributed by atoms with E-state index in [1.807, 2.05) is 0 Å². The third-order valence-corrected chi connectivity index (χ3v) is 5.60. The van der Waals surface area contributed by atoms with Crippen LogP contribution in [0.4, 0.5) is 0 Å². The molecule has 1 aromatic rings. The van der Waals surface area contributed by atoms with E-state index < -0.39 is 72.4 Å². The number of esters is 4. The molecule has 1 fully saturated rings. The number of aromatic nitrogens is 1. The van der Waals surface area contributed by atoms with Crippen LogP contribution < -0.4 is 10.1 Å². The molecule has 1 aliphatic heterocycles. The Labute approximate surface area is 210 Å². The fraction of sp³-hybridized carbons (Fsp3) is 0.600. The number of amides is 1. The molecule has 4 unspecified atom stereocenters. The van der Waals surface area contributed by atoms with Crippen molar-refractivity contribution in [2.45, 2.75) is 73.1 Å². The van der Waals surface area contributed by atoms with Gasteiger partial charge in [-0.25, -0.2) is 9.78 Å². The zero-order valence-electron chi connectivity index (χ0n) is 21.7. The predicted octanol–water partition coefficient (Wildman–Crippen LogP) is 2.13. The molecule has 4 atom stereocenters. The van der Waals surface area contributed by atoms with Gasteiger partial charge in [0.1, 0.15) is 12.7 Å². The second-order valence-electron chi connectivity index (χ2n) is 9.25. The fourth-order valence-electron chi connectivity index (χ4n) is 3.36. The number of rotatable bonds is 7. The number of nitrogens with zero attached hydrogens (tertiary/aromatic N) is 1. The first-order valence-corrected chi connectivity index (χ1v) is 11.9. The molecule has 1 aliphatic rings. The molecule has 1 N–H and O–H groups in total. The molecule has 1 amide bonds. The van der Waals surface area contributed by atoms with Crippen molar-refractivity contribution in [3.63, 3.8) is 0 Å². The van der Waals surface area contributed by atoms with Gasteiger partial charge in [0.25, 0.3) is 5.91 Å². The Morgan fingerprint density at radius 3 is 2.33 bits per heavy atom. The van der Waals surface area contributed by atoms with Gasteiger partial charge in [0.15, 0.2) is 23.6 Å². The summed E-state index contributed by atoms with van der Waals surface area (Å²) >= 11 is 0. The summed E-state index contributed by atoms with van der Waals surface area (Å²) in [5, 5.41) is 2.45. The molecule has 0 aliphatic carbocycles. The Kier molecular flexibility index (Phi) is 9.94. The van der Waals surface area contributed by atoms with Crippen LogP contribution in [0.5, 0.6) is 5.75 Å². The van der Waals surface area contributed by atoms with Gasteiger partial charge >= 0.3 is 23.9 Å². The van der Waals surface area contributed by atoms with Gasteiger partial charge < -0.3 is 24.3 Å². The second-order valence-corrected chi connectivity index (χ2v) is 9.25. The van der Waals surface area contributed by atoms with Crippen molar-refractivity contribution in [1.29, 1.82) is 0 Å². The van der Waals surface area contributed by atoms with Crippen LogP contribution in [-0.4, -0.2) is 59.6 Å². The molecular weight excluding hydrogens is 472 g/mol. The number of cyclic esters (lactones) is 2. The van der Waals surface area contributed by atoms with Gasteiger partial charge in [-0.15, -0.1) is 0 Å². The first kappa shape index (κ1) is 28.7. The van der Waals surface area contributed by atoms with Gasteiger partial charge in [0, 0.05) is 6.20 Å². The van der Waals surface area contributed by atoms with E-state index in [1.54, 1.807) is 47.6 Å². The number of carbonyl (C=O) groups is 5. The quantitative estimate of drug-likeness (QED) is 0.431. The normalized spacial score (nSPS) is 22.6. The molecule has 11 nitrogen and oxygen atoms in total. The lowest BCUT2D eigenvalue weighted by molar-refractivity contribution is -0.176. The largest absolute Gasteiger partial charge is 0.463 e. The molecule has 0 aromatic carbocycles. The number of carbonyl (C=O) groups excluding carboxylic acids is 5. The topological polar surface area (TPSA) is 147 Å². The van der Waals surface area contributed by atoms with Crippen molar-refractivity contribution in [2.24, 2.45) is 17.8 Å². The lowest BCUT2D eigenvalue weighted by Gasteiger charge is -2.29. The summed E-state index contributed by atoms with van der Waals surface area (Å²) in [6.07, 6.45) is -0.419. The molecule has 1 aromatic heterocycles. The number of hydrogen-bond acceptors (Lipinski definition) is 10. The van der Waals surface area contributed by atoms with Gasteiger partial charge in [-0.1, -0.05) is 34.6 Å². The van der Waals surface area contributed by atoms with E-state index in [1.165, 1.54) is 13.1 Å². The molecule has 1 saturated heterocycles. The van der Waals surface area contributed by atoms with Crippen LogP contribution >= 0.6 is 0 Å². The zero-order chi connectivity index (χ0) is 27.2. The minimum Gasteiger partial charge on any atom is -0.463 e. The monoisotopic (exact) mass is 506 g/mol. The predicted molar refractivity (Wildman–Crippen MR) is 126 cm³/mol. The summed E-state index contributed by atoms with van der Waals surface area (Å²) in [6.45, 7) is 10.9. The SMILES string of the molecule is CCC1C(=O)OCC(NC(=O)c2nccc(C)c2OC(=O)C(C)C)C(=O)OC(C)C1OC(=O)C(C)C. The molecular formula is C25H34N2O9. The van der Waals surface area contributed by atoms with Crippen molar-refractivity contribution in [3.8, 4) is 5.75 Å². The van der Waals surface area contributed by atoms with E-state index >= 15 is 0 Å². The Morgan fingerprint density at radius 2 is 1.75 bits per heavy atom. The molecule has 0 spiro atoms. The van der Waals surface area contributed by atoms with Crippen molar-refractivity contribution in [2.75, 3.05) is 6.61 Å². The maximum absolute atomic E-state index is 13.1. The van der Waals surface area contributed by atoms with Crippen LogP contribution in [0, 0.1) is 24.7 Å². The standard InChI is InChI=1S/C25H34N2O9/c1-8-16-20(36-23(30)13(4)5)15(7)34-25(32)17(11-33-24(16)31)27-21(28)18-19(14(6)9-10-26-18)35-22(29)12(2)3/h9-10,12-13,15-17,20H,8,11H2,1-7H3,(H,27,28). The van der Waals surface area contributed by atoms with Crippen molar-refractivity contribution in [3.05, 3.63) is 23.5 Å². The zero-order valence-corrected chi connectivity index (χ0v) is 21.7. The average molecular weight is 507 g/mol.